The summed E-state index contributed by atoms with van der Waals surface area (Å²) in [5, 5.41) is 3.08. The van der Waals surface area contributed by atoms with Crippen molar-refractivity contribution in [2.24, 2.45) is 0 Å². The number of para-hydroxylation sites is 1. The van der Waals surface area contributed by atoms with Gasteiger partial charge in [0.15, 0.2) is 0 Å². The van der Waals surface area contributed by atoms with Crippen LogP contribution >= 0.6 is 0 Å². The van der Waals surface area contributed by atoms with Crippen LogP contribution in [0.5, 0.6) is 0 Å². The van der Waals surface area contributed by atoms with Crippen molar-refractivity contribution in [3.05, 3.63) is 65.2 Å². The van der Waals surface area contributed by atoms with E-state index in [-0.39, 0.29) is 12.0 Å². The normalized spacial score (nSPS) is 19.5. The second kappa shape index (κ2) is 7.28. The average Bonchev–Trinajstić information content (AvgIpc) is 3.21. The summed E-state index contributed by atoms with van der Waals surface area (Å²) in [6, 6.07) is 16.2. The van der Waals surface area contributed by atoms with Gasteiger partial charge in [0.25, 0.3) is 5.91 Å². The maximum absolute atomic E-state index is 12.8. The molecular formula is C21H24N2O2. The molecule has 4 rings (SSSR count). The molecule has 0 aromatic heterocycles. The molecule has 4 heteroatoms. The molecule has 25 heavy (non-hydrogen) atoms. The monoisotopic (exact) mass is 336 g/mol. The van der Waals surface area contributed by atoms with Gasteiger partial charge >= 0.3 is 0 Å². The van der Waals surface area contributed by atoms with E-state index in [0.29, 0.717) is 13.2 Å². The Morgan fingerprint density at radius 2 is 1.84 bits per heavy atom. The minimum atomic E-state index is -0.0622. The maximum atomic E-state index is 12.8. The molecule has 2 aromatic carbocycles. The number of ether oxygens (including phenoxy) is 1. The molecule has 1 saturated heterocycles. The van der Waals surface area contributed by atoms with Gasteiger partial charge in [-0.15, -0.1) is 0 Å². The van der Waals surface area contributed by atoms with Gasteiger partial charge in [0.2, 0.25) is 0 Å². The highest BCUT2D eigenvalue weighted by Gasteiger charge is 2.23. The quantitative estimate of drug-likeness (QED) is 0.931. The average molecular weight is 336 g/mol. The maximum Gasteiger partial charge on any atom is 0.253 e. The van der Waals surface area contributed by atoms with Gasteiger partial charge < -0.3 is 15.0 Å². The zero-order valence-corrected chi connectivity index (χ0v) is 14.4. The summed E-state index contributed by atoms with van der Waals surface area (Å²) in [5.41, 5.74) is 4.32. The Morgan fingerprint density at radius 1 is 1.08 bits per heavy atom. The van der Waals surface area contributed by atoms with E-state index in [1.165, 1.54) is 24.0 Å². The lowest BCUT2D eigenvalue weighted by Crippen LogP contribution is -2.33. The molecule has 2 aromatic rings. The summed E-state index contributed by atoms with van der Waals surface area (Å²) >= 11 is 0. The van der Waals surface area contributed by atoms with Crippen molar-refractivity contribution in [3.8, 4) is 0 Å². The fraction of sp³-hybridized carbons (Fsp3) is 0.381. The lowest BCUT2D eigenvalue weighted by molar-refractivity contribution is 0.0411. The molecule has 0 unspecified atom stereocenters. The van der Waals surface area contributed by atoms with E-state index in [4.69, 9.17) is 4.74 Å². The predicted octanol–water partition coefficient (Wildman–Crippen LogP) is 3.33. The number of hydrogen-bond donors (Lipinski definition) is 1. The van der Waals surface area contributed by atoms with Crippen molar-refractivity contribution < 1.29 is 9.53 Å². The van der Waals surface area contributed by atoms with Gasteiger partial charge in [-0.1, -0.05) is 36.4 Å². The highest BCUT2D eigenvalue weighted by atomic mass is 16.5. The summed E-state index contributed by atoms with van der Waals surface area (Å²) < 4.78 is 5.90. The molecule has 0 bridgehead atoms. The Hall–Kier alpha value is -2.33. The molecule has 0 spiro atoms. The van der Waals surface area contributed by atoms with Crippen LogP contribution in [-0.4, -0.2) is 32.1 Å². The standard InChI is InChI=1S/C21H24N2O2/c24-21(18-9-3-4-10-19(18)23-12-5-6-13-23)22-15-20-17-8-2-1-7-16(17)11-14-25-20/h1-4,7-10,20H,5-6,11-15H2,(H,22,24)/t20-/m0/s1. The minimum absolute atomic E-state index is 0.0193. The van der Waals surface area contributed by atoms with Gasteiger partial charge in [0.1, 0.15) is 6.10 Å². The molecule has 2 aliphatic rings. The first kappa shape index (κ1) is 16.2. The number of amides is 1. The van der Waals surface area contributed by atoms with Crippen LogP contribution < -0.4 is 10.2 Å². The number of nitrogens with zero attached hydrogens (tertiary/aromatic N) is 1. The van der Waals surface area contributed by atoms with Crippen LogP contribution in [0, 0.1) is 0 Å². The van der Waals surface area contributed by atoms with E-state index >= 15 is 0 Å². The molecule has 4 nitrogen and oxygen atoms in total. The third-order valence-corrected chi connectivity index (χ3v) is 5.14. The molecule has 0 radical (unpaired) electrons. The molecule has 1 amide bonds. The Morgan fingerprint density at radius 3 is 2.72 bits per heavy atom. The predicted molar refractivity (Wildman–Crippen MR) is 99.1 cm³/mol. The first-order valence-corrected chi connectivity index (χ1v) is 9.14. The number of anilines is 1. The summed E-state index contributed by atoms with van der Waals surface area (Å²) in [5.74, 6) is -0.0193. The van der Waals surface area contributed by atoms with Crippen LogP contribution in [0.4, 0.5) is 5.69 Å². The first-order valence-electron chi connectivity index (χ1n) is 9.14. The topological polar surface area (TPSA) is 41.6 Å². The number of hydrogen-bond acceptors (Lipinski definition) is 3. The van der Waals surface area contributed by atoms with E-state index < -0.39 is 0 Å². The molecule has 130 valence electrons. The highest BCUT2D eigenvalue weighted by molar-refractivity contribution is 5.99. The molecule has 0 saturated carbocycles. The summed E-state index contributed by atoms with van der Waals surface area (Å²) in [7, 11) is 0. The van der Waals surface area contributed by atoms with Crippen LogP contribution in [0.25, 0.3) is 0 Å². The summed E-state index contributed by atoms with van der Waals surface area (Å²) in [6.45, 7) is 3.28. The van der Waals surface area contributed by atoms with Gasteiger partial charge in [-0.05, 0) is 42.5 Å². The first-order chi connectivity index (χ1) is 12.3. The third-order valence-electron chi connectivity index (χ3n) is 5.14. The molecular weight excluding hydrogens is 312 g/mol. The van der Waals surface area contributed by atoms with E-state index in [1.807, 2.05) is 30.3 Å². The molecule has 2 heterocycles. The Balaban J connectivity index is 1.47. The van der Waals surface area contributed by atoms with Crippen LogP contribution in [0.3, 0.4) is 0 Å². The van der Waals surface area contributed by atoms with Gasteiger partial charge in [0.05, 0.1) is 12.2 Å². The van der Waals surface area contributed by atoms with E-state index in [2.05, 4.69) is 28.4 Å². The number of rotatable bonds is 4. The van der Waals surface area contributed by atoms with Crippen LogP contribution in [0.2, 0.25) is 0 Å². The molecule has 1 atom stereocenters. The van der Waals surface area contributed by atoms with Crippen molar-refractivity contribution in [1.82, 2.24) is 5.32 Å². The van der Waals surface area contributed by atoms with Crippen molar-refractivity contribution in [1.29, 1.82) is 0 Å². The fourth-order valence-corrected chi connectivity index (χ4v) is 3.83. The van der Waals surface area contributed by atoms with Crippen molar-refractivity contribution in [3.63, 3.8) is 0 Å². The molecule has 2 aliphatic heterocycles. The molecule has 1 fully saturated rings. The summed E-state index contributed by atoms with van der Waals surface area (Å²) in [4.78, 5) is 15.1. The Bertz CT molecular complexity index is 753. The SMILES string of the molecule is O=C(NC[C@@H]1OCCc2ccccc21)c1ccccc1N1CCCC1. The zero-order chi connectivity index (χ0) is 17.1. The van der Waals surface area contributed by atoms with Crippen molar-refractivity contribution in [2.45, 2.75) is 25.4 Å². The number of nitrogens with one attached hydrogen (secondary N) is 1. The Kier molecular flexibility index (Phi) is 4.70. The zero-order valence-electron chi connectivity index (χ0n) is 14.4. The van der Waals surface area contributed by atoms with Gasteiger partial charge in [-0.25, -0.2) is 0 Å². The lowest BCUT2D eigenvalue weighted by atomic mass is 9.97. The van der Waals surface area contributed by atoms with Crippen LogP contribution in [-0.2, 0) is 11.2 Å². The van der Waals surface area contributed by atoms with Crippen molar-refractivity contribution in [2.75, 3.05) is 31.1 Å². The van der Waals surface area contributed by atoms with E-state index in [0.717, 1.165) is 30.8 Å². The van der Waals surface area contributed by atoms with E-state index in [1.54, 1.807) is 0 Å². The second-order valence-electron chi connectivity index (χ2n) is 6.73. The van der Waals surface area contributed by atoms with Gasteiger partial charge in [-0.2, -0.15) is 0 Å². The smallest absolute Gasteiger partial charge is 0.253 e. The third kappa shape index (κ3) is 3.40. The van der Waals surface area contributed by atoms with Crippen molar-refractivity contribution >= 4 is 11.6 Å². The minimum Gasteiger partial charge on any atom is -0.371 e. The molecule has 1 N–H and O–H groups in total. The second-order valence-corrected chi connectivity index (χ2v) is 6.73. The molecule has 0 aliphatic carbocycles. The number of benzene rings is 2. The number of carbonyl (C=O) groups excluding carboxylic acids is 1. The number of fused-ring (bicyclic) bond motifs is 1. The Labute approximate surface area is 148 Å². The lowest BCUT2D eigenvalue weighted by Gasteiger charge is -2.26. The van der Waals surface area contributed by atoms with Gasteiger partial charge in [0, 0.05) is 25.3 Å². The van der Waals surface area contributed by atoms with Crippen LogP contribution in [0.15, 0.2) is 48.5 Å². The van der Waals surface area contributed by atoms with E-state index in [9.17, 15) is 4.79 Å². The summed E-state index contributed by atoms with van der Waals surface area (Å²) in [6.07, 6.45) is 3.27. The van der Waals surface area contributed by atoms with Gasteiger partial charge in [-0.3, -0.25) is 4.79 Å². The van der Waals surface area contributed by atoms with Crippen LogP contribution in [0.1, 0.15) is 40.4 Å². The highest BCUT2D eigenvalue weighted by Crippen LogP contribution is 2.27. The number of carbonyl (C=O) groups is 1. The fourth-order valence-electron chi connectivity index (χ4n) is 3.83. The largest absolute Gasteiger partial charge is 0.371 e.